The molecule has 0 aliphatic carbocycles. The minimum absolute atomic E-state index is 0.235. The monoisotopic (exact) mass is 207 g/mol. The molecule has 0 saturated heterocycles. The van der Waals surface area contributed by atoms with E-state index in [4.69, 9.17) is 4.74 Å². The molecule has 1 aromatic heterocycles. The zero-order valence-corrected chi connectivity index (χ0v) is 9.32. The van der Waals surface area contributed by atoms with Crippen LogP contribution in [0.3, 0.4) is 0 Å². The molecule has 0 amide bonds. The molecule has 1 heterocycles. The number of rotatable bonds is 6. The van der Waals surface area contributed by atoms with Crippen molar-refractivity contribution < 1.29 is 9.53 Å². The summed E-state index contributed by atoms with van der Waals surface area (Å²) in [5.74, 6) is 0.831. The summed E-state index contributed by atoms with van der Waals surface area (Å²) in [6.45, 7) is 4.51. The van der Waals surface area contributed by atoms with Crippen molar-refractivity contribution in [1.82, 2.24) is 4.98 Å². The third-order valence-corrected chi connectivity index (χ3v) is 1.98. The van der Waals surface area contributed by atoms with Crippen molar-refractivity contribution in [3.05, 3.63) is 23.9 Å². The van der Waals surface area contributed by atoms with Gasteiger partial charge in [0.05, 0.1) is 12.3 Å². The van der Waals surface area contributed by atoms with Crippen LogP contribution in [-0.2, 0) is 11.2 Å². The van der Waals surface area contributed by atoms with E-state index < -0.39 is 0 Å². The second kappa shape index (κ2) is 6.17. The summed E-state index contributed by atoms with van der Waals surface area (Å²) in [4.78, 5) is 15.6. The Morgan fingerprint density at radius 2 is 2.20 bits per heavy atom. The van der Waals surface area contributed by atoms with E-state index in [0.29, 0.717) is 25.3 Å². The Kier molecular flexibility index (Phi) is 4.81. The van der Waals surface area contributed by atoms with Crippen molar-refractivity contribution in [1.29, 1.82) is 0 Å². The molecule has 0 bridgehead atoms. The average molecular weight is 207 g/mol. The average Bonchev–Trinajstić information content (AvgIpc) is 2.19. The van der Waals surface area contributed by atoms with Gasteiger partial charge in [0.25, 0.3) is 0 Å². The Morgan fingerprint density at radius 1 is 1.40 bits per heavy atom. The van der Waals surface area contributed by atoms with Gasteiger partial charge in [0.15, 0.2) is 0 Å². The normalized spacial score (nSPS) is 10.0. The van der Waals surface area contributed by atoms with Crippen LogP contribution in [0, 0.1) is 0 Å². The lowest BCUT2D eigenvalue weighted by Gasteiger charge is -2.04. The summed E-state index contributed by atoms with van der Waals surface area (Å²) in [6, 6.07) is 5.53. The SMILES string of the molecule is CCCC(=O)Cc1cccc(OCC)n1. The van der Waals surface area contributed by atoms with Crippen LogP contribution in [0.5, 0.6) is 5.88 Å². The maximum atomic E-state index is 11.4. The molecule has 0 spiro atoms. The fourth-order valence-corrected chi connectivity index (χ4v) is 1.35. The van der Waals surface area contributed by atoms with Gasteiger partial charge in [-0.15, -0.1) is 0 Å². The van der Waals surface area contributed by atoms with Crippen molar-refractivity contribution in [2.75, 3.05) is 6.61 Å². The molecule has 0 unspecified atom stereocenters. The van der Waals surface area contributed by atoms with E-state index in [1.54, 1.807) is 6.07 Å². The lowest BCUT2D eigenvalue weighted by Crippen LogP contribution is -2.04. The standard InChI is InChI=1S/C12H17NO2/c1-3-6-11(14)9-10-7-5-8-12(13-10)15-4-2/h5,7-8H,3-4,6,9H2,1-2H3. The Hall–Kier alpha value is -1.38. The van der Waals surface area contributed by atoms with E-state index in [9.17, 15) is 4.79 Å². The van der Waals surface area contributed by atoms with Gasteiger partial charge in [0.1, 0.15) is 5.78 Å². The number of carbonyl (C=O) groups is 1. The lowest BCUT2D eigenvalue weighted by atomic mass is 10.1. The fraction of sp³-hybridized carbons (Fsp3) is 0.500. The van der Waals surface area contributed by atoms with Crippen LogP contribution in [0.2, 0.25) is 0 Å². The summed E-state index contributed by atoms with van der Waals surface area (Å²) in [7, 11) is 0. The molecule has 0 aliphatic rings. The van der Waals surface area contributed by atoms with Crippen LogP contribution in [0.15, 0.2) is 18.2 Å². The molecule has 15 heavy (non-hydrogen) atoms. The van der Waals surface area contributed by atoms with E-state index >= 15 is 0 Å². The third-order valence-electron chi connectivity index (χ3n) is 1.98. The molecule has 82 valence electrons. The van der Waals surface area contributed by atoms with Gasteiger partial charge in [-0.05, 0) is 19.4 Å². The van der Waals surface area contributed by atoms with Gasteiger partial charge in [-0.3, -0.25) is 4.79 Å². The van der Waals surface area contributed by atoms with Crippen LogP contribution in [0.4, 0.5) is 0 Å². The summed E-state index contributed by atoms with van der Waals surface area (Å²) in [6.07, 6.45) is 1.93. The molecule has 3 heteroatoms. The zero-order chi connectivity index (χ0) is 11.1. The quantitative estimate of drug-likeness (QED) is 0.719. The molecule has 3 nitrogen and oxygen atoms in total. The highest BCUT2D eigenvalue weighted by atomic mass is 16.5. The highest BCUT2D eigenvalue weighted by Crippen LogP contribution is 2.09. The van der Waals surface area contributed by atoms with E-state index in [2.05, 4.69) is 4.98 Å². The summed E-state index contributed by atoms with van der Waals surface area (Å²) < 4.78 is 5.27. The largest absolute Gasteiger partial charge is 0.478 e. The molecule has 0 aliphatic heterocycles. The Labute approximate surface area is 90.5 Å². The van der Waals surface area contributed by atoms with E-state index in [1.807, 2.05) is 26.0 Å². The number of hydrogen-bond donors (Lipinski definition) is 0. The van der Waals surface area contributed by atoms with E-state index in [-0.39, 0.29) is 5.78 Å². The Morgan fingerprint density at radius 3 is 2.87 bits per heavy atom. The second-order valence-corrected chi connectivity index (χ2v) is 3.37. The number of pyridine rings is 1. The smallest absolute Gasteiger partial charge is 0.213 e. The van der Waals surface area contributed by atoms with E-state index in [1.165, 1.54) is 0 Å². The molecule has 1 aromatic rings. The predicted octanol–water partition coefficient (Wildman–Crippen LogP) is 2.39. The van der Waals surface area contributed by atoms with Crippen LogP contribution < -0.4 is 4.74 Å². The number of Topliss-reactive ketones (excluding diaryl/α,β-unsaturated/α-hetero) is 1. The highest BCUT2D eigenvalue weighted by Gasteiger charge is 2.04. The van der Waals surface area contributed by atoms with Gasteiger partial charge in [0.2, 0.25) is 5.88 Å². The first-order chi connectivity index (χ1) is 7.26. The first-order valence-corrected chi connectivity index (χ1v) is 5.36. The van der Waals surface area contributed by atoms with E-state index in [0.717, 1.165) is 12.1 Å². The fourth-order valence-electron chi connectivity index (χ4n) is 1.35. The minimum Gasteiger partial charge on any atom is -0.478 e. The van der Waals surface area contributed by atoms with Gasteiger partial charge >= 0.3 is 0 Å². The van der Waals surface area contributed by atoms with Gasteiger partial charge in [-0.1, -0.05) is 13.0 Å². The third kappa shape index (κ3) is 4.11. The molecule has 0 saturated carbocycles. The number of hydrogen-bond acceptors (Lipinski definition) is 3. The number of carbonyl (C=O) groups excluding carboxylic acids is 1. The number of ether oxygens (including phenoxy) is 1. The lowest BCUT2D eigenvalue weighted by molar-refractivity contribution is -0.118. The Bertz CT molecular complexity index is 323. The predicted molar refractivity (Wildman–Crippen MR) is 59.0 cm³/mol. The summed E-state index contributed by atoms with van der Waals surface area (Å²) >= 11 is 0. The van der Waals surface area contributed by atoms with Gasteiger partial charge in [-0.25, -0.2) is 4.98 Å². The molecule has 0 fully saturated rings. The molecule has 0 radical (unpaired) electrons. The van der Waals surface area contributed by atoms with Crippen molar-refractivity contribution in [2.45, 2.75) is 33.1 Å². The maximum Gasteiger partial charge on any atom is 0.213 e. The molecule has 0 aromatic carbocycles. The van der Waals surface area contributed by atoms with Crippen molar-refractivity contribution in [3.8, 4) is 5.88 Å². The maximum absolute atomic E-state index is 11.4. The number of ketones is 1. The first kappa shape index (κ1) is 11.7. The van der Waals surface area contributed by atoms with Crippen molar-refractivity contribution in [2.24, 2.45) is 0 Å². The summed E-state index contributed by atoms with van der Waals surface area (Å²) in [5.41, 5.74) is 0.791. The van der Waals surface area contributed by atoms with Gasteiger partial charge < -0.3 is 4.74 Å². The molecule has 1 rings (SSSR count). The van der Waals surface area contributed by atoms with Gasteiger partial charge in [-0.2, -0.15) is 0 Å². The topological polar surface area (TPSA) is 39.2 Å². The molecular weight excluding hydrogens is 190 g/mol. The molecular formula is C12H17NO2. The summed E-state index contributed by atoms with van der Waals surface area (Å²) in [5, 5.41) is 0. The molecule has 0 N–H and O–H groups in total. The first-order valence-electron chi connectivity index (χ1n) is 5.36. The van der Waals surface area contributed by atoms with Crippen molar-refractivity contribution >= 4 is 5.78 Å². The minimum atomic E-state index is 0.235. The zero-order valence-electron chi connectivity index (χ0n) is 9.32. The number of aromatic nitrogens is 1. The molecule has 0 atom stereocenters. The van der Waals surface area contributed by atoms with Crippen molar-refractivity contribution in [3.63, 3.8) is 0 Å². The highest BCUT2D eigenvalue weighted by molar-refractivity contribution is 5.80. The number of nitrogens with zero attached hydrogens (tertiary/aromatic N) is 1. The van der Waals surface area contributed by atoms with Crippen LogP contribution in [0.25, 0.3) is 0 Å². The van der Waals surface area contributed by atoms with Crippen LogP contribution in [0.1, 0.15) is 32.4 Å². The second-order valence-electron chi connectivity index (χ2n) is 3.37. The van der Waals surface area contributed by atoms with Gasteiger partial charge in [0, 0.05) is 18.9 Å². The van der Waals surface area contributed by atoms with Crippen LogP contribution >= 0.6 is 0 Å². The van der Waals surface area contributed by atoms with Crippen LogP contribution in [-0.4, -0.2) is 17.4 Å². The Balaban J connectivity index is 2.60.